The summed E-state index contributed by atoms with van der Waals surface area (Å²) in [6, 6.07) is 5.04. The van der Waals surface area contributed by atoms with Gasteiger partial charge in [0.2, 0.25) is 0 Å². The molecular weight excluding hydrogens is 362 g/mol. The molecule has 0 radical (unpaired) electrons. The molecule has 1 aromatic rings. The highest BCUT2D eigenvalue weighted by molar-refractivity contribution is 6.00. The third kappa shape index (κ3) is 4.64. The lowest BCUT2D eigenvalue weighted by atomic mass is 9.93. The highest BCUT2D eigenvalue weighted by Crippen LogP contribution is 2.35. The zero-order valence-electron chi connectivity index (χ0n) is 16.7. The lowest BCUT2D eigenvalue weighted by molar-refractivity contribution is -0.151. The van der Waals surface area contributed by atoms with Gasteiger partial charge in [0.1, 0.15) is 17.1 Å². The van der Waals surface area contributed by atoms with Gasteiger partial charge in [0.05, 0.1) is 24.5 Å². The van der Waals surface area contributed by atoms with E-state index >= 15 is 0 Å². The van der Waals surface area contributed by atoms with E-state index in [4.69, 9.17) is 14.2 Å². The highest BCUT2D eigenvalue weighted by Gasteiger charge is 2.33. The van der Waals surface area contributed by atoms with Crippen LogP contribution in [0.15, 0.2) is 18.2 Å². The van der Waals surface area contributed by atoms with Gasteiger partial charge in [0.15, 0.2) is 12.4 Å². The molecule has 0 spiro atoms. The molecule has 1 aromatic carbocycles. The molecule has 3 rings (SSSR count). The second-order valence-corrected chi connectivity index (χ2v) is 7.82. The number of likely N-dealkylation sites (tertiary alicyclic amines) is 1. The minimum Gasteiger partial charge on any atom is -0.487 e. The van der Waals surface area contributed by atoms with Crippen LogP contribution in [-0.2, 0) is 14.3 Å². The van der Waals surface area contributed by atoms with E-state index in [1.807, 2.05) is 13.8 Å². The Morgan fingerprint density at radius 2 is 1.96 bits per heavy atom. The lowest BCUT2D eigenvalue weighted by Crippen LogP contribution is -2.42. The smallest absolute Gasteiger partial charge is 0.309 e. The topological polar surface area (TPSA) is 82.1 Å². The number of benzene rings is 1. The van der Waals surface area contributed by atoms with Crippen LogP contribution in [0.3, 0.4) is 0 Å². The largest absolute Gasteiger partial charge is 0.487 e. The molecule has 152 valence electrons. The predicted molar refractivity (Wildman–Crippen MR) is 102 cm³/mol. The van der Waals surface area contributed by atoms with E-state index < -0.39 is 5.60 Å². The van der Waals surface area contributed by atoms with Crippen molar-refractivity contribution in [3.8, 4) is 11.5 Å². The maximum absolute atomic E-state index is 12.4. The number of hydrogen-bond donors (Lipinski definition) is 0. The number of rotatable bonds is 5. The maximum atomic E-state index is 12.4. The number of fused-ring (bicyclic) bond motifs is 1. The molecule has 2 aliphatic heterocycles. The third-order valence-electron chi connectivity index (χ3n) is 5.05. The fourth-order valence-electron chi connectivity index (χ4n) is 3.58. The van der Waals surface area contributed by atoms with Crippen molar-refractivity contribution in [2.24, 2.45) is 5.92 Å². The molecule has 0 atom stereocenters. The van der Waals surface area contributed by atoms with Gasteiger partial charge in [-0.05, 0) is 51.8 Å². The van der Waals surface area contributed by atoms with Gasteiger partial charge < -0.3 is 19.1 Å². The van der Waals surface area contributed by atoms with Gasteiger partial charge in [-0.3, -0.25) is 14.4 Å². The summed E-state index contributed by atoms with van der Waals surface area (Å²) in [7, 11) is 0. The summed E-state index contributed by atoms with van der Waals surface area (Å²) < 4.78 is 16.5. The Morgan fingerprint density at radius 3 is 2.64 bits per heavy atom. The van der Waals surface area contributed by atoms with Crippen LogP contribution in [0.2, 0.25) is 0 Å². The van der Waals surface area contributed by atoms with E-state index in [1.165, 1.54) is 0 Å². The van der Waals surface area contributed by atoms with Crippen LogP contribution in [0.4, 0.5) is 0 Å². The molecule has 2 aliphatic rings. The predicted octanol–water partition coefficient (Wildman–Crippen LogP) is 2.61. The normalized spacial score (nSPS) is 18.8. The van der Waals surface area contributed by atoms with Gasteiger partial charge in [-0.1, -0.05) is 0 Å². The third-order valence-corrected chi connectivity index (χ3v) is 5.05. The Kier molecular flexibility index (Phi) is 5.91. The molecule has 0 saturated carbocycles. The molecule has 1 saturated heterocycles. The number of Topliss-reactive ketones (excluding diaryl/α,β-unsaturated/α-hetero) is 1. The van der Waals surface area contributed by atoms with Crippen molar-refractivity contribution in [1.82, 2.24) is 4.90 Å². The number of nitrogens with zero attached hydrogens (tertiary/aromatic N) is 1. The summed E-state index contributed by atoms with van der Waals surface area (Å²) in [5.41, 5.74) is -0.0301. The number of carbonyl (C=O) groups is 3. The summed E-state index contributed by atoms with van der Waals surface area (Å²) >= 11 is 0. The van der Waals surface area contributed by atoms with Crippen LogP contribution in [0.25, 0.3) is 0 Å². The molecule has 0 aliphatic carbocycles. The van der Waals surface area contributed by atoms with Gasteiger partial charge in [-0.2, -0.15) is 0 Å². The van der Waals surface area contributed by atoms with Crippen LogP contribution in [0.5, 0.6) is 11.5 Å². The molecule has 0 unspecified atom stereocenters. The monoisotopic (exact) mass is 389 g/mol. The first-order chi connectivity index (χ1) is 13.3. The SMILES string of the molecule is CCOC(=O)C1CCN(C(=O)COc2ccc3c(c2)C(=O)CC(C)(C)O3)CC1. The summed E-state index contributed by atoms with van der Waals surface area (Å²) in [5.74, 6) is 0.551. The van der Waals surface area contributed by atoms with Crippen molar-refractivity contribution in [3.63, 3.8) is 0 Å². The van der Waals surface area contributed by atoms with Gasteiger partial charge in [0, 0.05) is 13.1 Å². The molecular formula is C21H27NO6. The van der Waals surface area contributed by atoms with Gasteiger partial charge in [0.25, 0.3) is 5.91 Å². The van der Waals surface area contributed by atoms with Gasteiger partial charge in [-0.25, -0.2) is 0 Å². The first-order valence-electron chi connectivity index (χ1n) is 9.72. The summed E-state index contributed by atoms with van der Waals surface area (Å²) in [6.07, 6.45) is 1.51. The molecule has 7 heteroatoms. The van der Waals surface area contributed by atoms with E-state index in [0.29, 0.717) is 56.0 Å². The van der Waals surface area contributed by atoms with Crippen molar-refractivity contribution in [3.05, 3.63) is 23.8 Å². The highest BCUT2D eigenvalue weighted by atomic mass is 16.5. The summed E-state index contributed by atoms with van der Waals surface area (Å²) in [5, 5.41) is 0. The number of amides is 1. The van der Waals surface area contributed by atoms with E-state index in [1.54, 1.807) is 30.0 Å². The molecule has 0 N–H and O–H groups in total. The molecule has 2 heterocycles. The fraction of sp³-hybridized carbons (Fsp3) is 0.571. The van der Waals surface area contributed by atoms with E-state index in [0.717, 1.165) is 0 Å². The zero-order chi connectivity index (χ0) is 20.3. The Bertz CT molecular complexity index is 764. The second-order valence-electron chi connectivity index (χ2n) is 7.82. The number of esters is 1. The number of piperidine rings is 1. The molecule has 0 bridgehead atoms. The van der Waals surface area contributed by atoms with Crippen molar-refractivity contribution in [2.45, 2.75) is 45.6 Å². The maximum Gasteiger partial charge on any atom is 0.309 e. The zero-order valence-corrected chi connectivity index (χ0v) is 16.7. The van der Waals surface area contributed by atoms with E-state index in [-0.39, 0.29) is 30.2 Å². The average molecular weight is 389 g/mol. The van der Waals surface area contributed by atoms with Gasteiger partial charge >= 0.3 is 5.97 Å². The van der Waals surface area contributed by atoms with Crippen LogP contribution >= 0.6 is 0 Å². The Balaban J connectivity index is 1.53. The van der Waals surface area contributed by atoms with Crippen LogP contribution in [0.1, 0.15) is 50.4 Å². The first-order valence-corrected chi connectivity index (χ1v) is 9.72. The minimum atomic E-state index is -0.516. The summed E-state index contributed by atoms with van der Waals surface area (Å²) in [6.45, 7) is 6.83. The molecule has 1 amide bonds. The van der Waals surface area contributed by atoms with Crippen molar-refractivity contribution in [2.75, 3.05) is 26.3 Å². The second kappa shape index (κ2) is 8.20. The van der Waals surface area contributed by atoms with Crippen molar-refractivity contribution >= 4 is 17.7 Å². The number of carbonyl (C=O) groups excluding carboxylic acids is 3. The van der Waals surface area contributed by atoms with Crippen molar-refractivity contribution < 1.29 is 28.6 Å². The van der Waals surface area contributed by atoms with Crippen LogP contribution in [-0.4, -0.2) is 54.5 Å². The number of hydrogen-bond acceptors (Lipinski definition) is 6. The number of ketones is 1. The number of ether oxygens (including phenoxy) is 3. The Hall–Kier alpha value is -2.57. The van der Waals surface area contributed by atoms with Crippen molar-refractivity contribution in [1.29, 1.82) is 0 Å². The standard InChI is InChI=1S/C21H27NO6/c1-4-26-20(25)14-7-9-22(10-8-14)19(24)13-27-15-5-6-18-16(11-15)17(23)12-21(2,3)28-18/h5-6,11,14H,4,7-10,12-13H2,1-3H3. The molecule has 28 heavy (non-hydrogen) atoms. The Morgan fingerprint density at radius 1 is 1.25 bits per heavy atom. The van der Waals surface area contributed by atoms with E-state index in [9.17, 15) is 14.4 Å². The minimum absolute atomic E-state index is 0.00376. The molecule has 7 nitrogen and oxygen atoms in total. The van der Waals surface area contributed by atoms with Gasteiger partial charge in [-0.15, -0.1) is 0 Å². The molecule has 0 aromatic heterocycles. The van der Waals surface area contributed by atoms with E-state index in [2.05, 4.69) is 0 Å². The first kappa shape index (κ1) is 20.2. The lowest BCUT2D eigenvalue weighted by Gasteiger charge is -2.32. The summed E-state index contributed by atoms with van der Waals surface area (Å²) in [4.78, 5) is 38.2. The quantitative estimate of drug-likeness (QED) is 0.720. The molecule has 1 fully saturated rings. The van der Waals surface area contributed by atoms with Crippen LogP contribution in [0, 0.1) is 5.92 Å². The Labute approximate surface area is 164 Å². The fourth-order valence-corrected chi connectivity index (χ4v) is 3.58. The van der Waals surface area contributed by atoms with Crippen LogP contribution < -0.4 is 9.47 Å². The average Bonchev–Trinajstić information content (AvgIpc) is 2.66.